The number of hydrogen-bond donors (Lipinski definition) is 4. The van der Waals surface area contributed by atoms with E-state index >= 15 is 0 Å². The zero-order chi connectivity index (χ0) is 30.2. The van der Waals surface area contributed by atoms with Gasteiger partial charge in [0, 0.05) is 44.5 Å². The molecule has 3 heterocycles. The lowest BCUT2D eigenvalue weighted by atomic mass is 10.0. The molecule has 13 nitrogen and oxygen atoms in total. The fraction of sp³-hybridized carbons (Fsp3) is 0.464. The van der Waals surface area contributed by atoms with Gasteiger partial charge in [-0.3, -0.25) is 24.0 Å². The molecule has 0 bridgehead atoms. The highest BCUT2D eigenvalue weighted by Gasteiger charge is 2.33. The number of fused-ring (bicyclic) bond motifs is 1. The van der Waals surface area contributed by atoms with E-state index in [0.717, 1.165) is 0 Å². The van der Waals surface area contributed by atoms with Crippen molar-refractivity contribution in [2.75, 3.05) is 13.1 Å². The summed E-state index contributed by atoms with van der Waals surface area (Å²) in [6.07, 6.45) is 1.77. The molecule has 1 aromatic heterocycles. The van der Waals surface area contributed by atoms with Crippen LogP contribution in [0.25, 0.3) is 0 Å². The van der Waals surface area contributed by atoms with E-state index < -0.39 is 47.6 Å². The molecule has 4 unspecified atom stereocenters. The summed E-state index contributed by atoms with van der Waals surface area (Å²) in [5, 5.41) is 14.0. The van der Waals surface area contributed by atoms with E-state index in [-0.39, 0.29) is 49.9 Å². The Hall–Kier alpha value is -4.62. The van der Waals surface area contributed by atoms with Crippen molar-refractivity contribution in [1.29, 1.82) is 0 Å². The number of halogens is 1. The third kappa shape index (κ3) is 7.98. The van der Waals surface area contributed by atoms with Gasteiger partial charge in [-0.1, -0.05) is 17.3 Å². The first-order valence-corrected chi connectivity index (χ1v) is 13.7. The van der Waals surface area contributed by atoms with Crippen LogP contribution < -0.4 is 21.3 Å². The lowest BCUT2D eigenvalue weighted by Crippen LogP contribution is -2.58. The van der Waals surface area contributed by atoms with Crippen LogP contribution in [-0.2, 0) is 30.4 Å². The Morgan fingerprint density at radius 1 is 1.14 bits per heavy atom. The van der Waals surface area contributed by atoms with Crippen molar-refractivity contribution < 1.29 is 37.7 Å². The molecule has 2 aliphatic heterocycles. The Balaban J connectivity index is 1.61. The number of rotatable bonds is 5. The molecule has 2 fully saturated rings. The Kier molecular flexibility index (Phi) is 9.99. The minimum atomic E-state index is -1.34. The summed E-state index contributed by atoms with van der Waals surface area (Å²) in [4.78, 5) is 78.9. The Labute approximate surface area is 240 Å². The van der Waals surface area contributed by atoms with Crippen LogP contribution in [0.2, 0.25) is 0 Å². The predicted octanol–water partition coefficient (Wildman–Crippen LogP) is -0.0772. The summed E-state index contributed by atoms with van der Waals surface area (Å²) in [6, 6.07) is 2.72. The van der Waals surface area contributed by atoms with E-state index in [1.807, 2.05) is 0 Å². The van der Waals surface area contributed by atoms with E-state index in [2.05, 4.69) is 26.4 Å². The number of aromatic nitrogens is 1. The normalized spacial score (nSPS) is 24.3. The largest absolute Gasteiger partial charge is 0.361 e. The van der Waals surface area contributed by atoms with Gasteiger partial charge in [0.25, 0.3) is 5.91 Å². The number of carbonyl (C=O) groups excluding carboxylic acids is 6. The number of nitrogens with one attached hydrogen (secondary N) is 4. The number of benzene rings is 1. The highest BCUT2D eigenvalue weighted by molar-refractivity contribution is 5.97. The van der Waals surface area contributed by atoms with E-state index in [1.54, 1.807) is 11.8 Å². The van der Waals surface area contributed by atoms with Crippen molar-refractivity contribution in [3.05, 3.63) is 53.2 Å². The van der Waals surface area contributed by atoms with Crippen LogP contribution in [0.3, 0.4) is 0 Å². The zero-order valence-electron chi connectivity index (χ0n) is 23.1. The van der Waals surface area contributed by atoms with Gasteiger partial charge in [0.05, 0.1) is 6.04 Å². The maximum Gasteiger partial charge on any atom is 0.274 e. The summed E-state index contributed by atoms with van der Waals surface area (Å²) in [7, 11) is 0. The summed E-state index contributed by atoms with van der Waals surface area (Å²) in [6.45, 7) is 1.73. The van der Waals surface area contributed by atoms with Crippen molar-refractivity contribution >= 4 is 35.8 Å². The minimum absolute atomic E-state index is 0.00244. The molecule has 2 aromatic rings. The fourth-order valence-electron chi connectivity index (χ4n) is 5.01. The second-order valence-corrected chi connectivity index (χ2v) is 10.4. The Morgan fingerprint density at radius 3 is 2.60 bits per heavy atom. The first-order valence-electron chi connectivity index (χ1n) is 13.7. The van der Waals surface area contributed by atoms with Gasteiger partial charge in [-0.15, -0.1) is 0 Å². The fourth-order valence-corrected chi connectivity index (χ4v) is 5.01. The molecule has 224 valence electrons. The molecule has 14 heteroatoms. The summed E-state index contributed by atoms with van der Waals surface area (Å²) in [5.41, 5.74) is 0.421. The van der Waals surface area contributed by atoms with Gasteiger partial charge in [-0.05, 0) is 43.9 Å². The molecule has 4 rings (SSSR count). The van der Waals surface area contributed by atoms with Crippen molar-refractivity contribution in [3.8, 4) is 0 Å². The summed E-state index contributed by atoms with van der Waals surface area (Å²) >= 11 is 0. The predicted molar refractivity (Wildman–Crippen MR) is 144 cm³/mol. The van der Waals surface area contributed by atoms with Crippen LogP contribution >= 0.6 is 0 Å². The average molecular weight is 585 g/mol. The summed E-state index contributed by atoms with van der Waals surface area (Å²) < 4.78 is 18.4. The highest BCUT2D eigenvalue weighted by Crippen LogP contribution is 2.22. The number of aryl methyl sites for hydroxylation is 1. The molecule has 4 atom stereocenters. The van der Waals surface area contributed by atoms with Gasteiger partial charge in [-0.2, -0.15) is 0 Å². The smallest absolute Gasteiger partial charge is 0.274 e. The molecule has 0 saturated carbocycles. The maximum atomic E-state index is 13.5. The monoisotopic (exact) mass is 584 g/mol. The summed E-state index contributed by atoms with van der Waals surface area (Å²) in [5.74, 6) is -3.04. The lowest BCUT2D eigenvalue weighted by molar-refractivity contribution is -0.134. The first kappa shape index (κ1) is 30.3. The number of hydrogen-bond acceptors (Lipinski definition) is 8. The zero-order valence-corrected chi connectivity index (χ0v) is 23.1. The third-order valence-electron chi connectivity index (χ3n) is 7.25. The van der Waals surface area contributed by atoms with Gasteiger partial charge in [0.1, 0.15) is 29.9 Å². The second kappa shape index (κ2) is 13.8. The van der Waals surface area contributed by atoms with Gasteiger partial charge in [0.15, 0.2) is 5.69 Å². The minimum Gasteiger partial charge on any atom is -0.361 e. The molecular formula is C28H33FN6O7. The van der Waals surface area contributed by atoms with Crippen molar-refractivity contribution in [3.63, 3.8) is 0 Å². The van der Waals surface area contributed by atoms with Crippen molar-refractivity contribution in [1.82, 2.24) is 31.3 Å². The average Bonchev–Trinajstić information content (AvgIpc) is 3.62. The van der Waals surface area contributed by atoms with Crippen LogP contribution in [0.1, 0.15) is 53.9 Å². The van der Waals surface area contributed by atoms with Gasteiger partial charge < -0.3 is 35.5 Å². The first-order chi connectivity index (χ1) is 20.1. The molecule has 2 aliphatic rings. The molecule has 0 spiro atoms. The van der Waals surface area contributed by atoms with Crippen LogP contribution in [-0.4, -0.2) is 83.1 Å². The number of nitrogens with zero attached hydrogens (tertiary/aromatic N) is 2. The van der Waals surface area contributed by atoms with Crippen molar-refractivity contribution in [2.24, 2.45) is 0 Å². The molecular weight excluding hydrogens is 551 g/mol. The SMILES string of the molecule is Cc1cc(C(=O)NC2CNC(=O)CC3CCCN3C(=O)CCC(C=O)NC(=O)C(Cc3ccc(F)cc3)NC2=O)no1. The molecule has 0 aliphatic carbocycles. The van der Waals surface area contributed by atoms with Crippen LogP contribution in [0, 0.1) is 12.7 Å². The van der Waals surface area contributed by atoms with Gasteiger partial charge in [-0.25, -0.2) is 4.39 Å². The molecule has 1 aromatic carbocycles. The van der Waals surface area contributed by atoms with Gasteiger partial charge >= 0.3 is 0 Å². The van der Waals surface area contributed by atoms with Gasteiger partial charge in [0.2, 0.25) is 23.6 Å². The van der Waals surface area contributed by atoms with E-state index in [4.69, 9.17) is 4.52 Å². The van der Waals surface area contributed by atoms with E-state index in [0.29, 0.717) is 37.0 Å². The lowest BCUT2D eigenvalue weighted by Gasteiger charge is -2.27. The second-order valence-electron chi connectivity index (χ2n) is 10.4. The quantitative estimate of drug-likeness (QED) is 0.352. The number of aldehydes is 1. The topological polar surface area (TPSA) is 180 Å². The van der Waals surface area contributed by atoms with Crippen LogP contribution in [0.15, 0.2) is 34.9 Å². The molecule has 5 amide bonds. The number of amides is 5. The van der Waals surface area contributed by atoms with E-state index in [1.165, 1.54) is 30.3 Å². The number of carbonyl (C=O) groups is 6. The Bertz CT molecular complexity index is 1330. The molecule has 2 saturated heterocycles. The van der Waals surface area contributed by atoms with E-state index in [9.17, 15) is 33.2 Å². The molecule has 0 radical (unpaired) electrons. The third-order valence-corrected chi connectivity index (χ3v) is 7.25. The Morgan fingerprint density at radius 2 is 1.90 bits per heavy atom. The molecule has 42 heavy (non-hydrogen) atoms. The van der Waals surface area contributed by atoms with Crippen LogP contribution in [0.5, 0.6) is 0 Å². The standard InChI is InChI=1S/C28H33FN6O7/c1-16-11-22(34-42-16)27(40)33-23-14-30-24(37)13-20-3-2-10-35(20)25(38)9-8-19(15-36)31-26(39)21(32-28(23)41)12-17-4-6-18(29)7-5-17/h4-7,11,15,19-21,23H,2-3,8-10,12-14H2,1H3,(H,30,37)(H,31,39)(H,32,41)(H,33,40). The maximum absolute atomic E-state index is 13.5. The van der Waals surface area contributed by atoms with Crippen LogP contribution in [0.4, 0.5) is 4.39 Å². The highest BCUT2D eigenvalue weighted by atomic mass is 19.1. The molecule has 4 N–H and O–H groups in total. The van der Waals surface area contributed by atoms with Crippen molar-refractivity contribution in [2.45, 2.75) is 69.6 Å².